The summed E-state index contributed by atoms with van der Waals surface area (Å²) in [5.74, 6) is -0.277. The van der Waals surface area contributed by atoms with Crippen molar-refractivity contribution in [3.05, 3.63) is 34.9 Å². The standard InChI is InChI=1S/C15H23ClN2O2/c1-5-20-14(19)15(2,17-10-11-18(3)4)12-6-8-13(16)9-7-12/h6-9,17H,5,10-11H2,1-4H3. The zero-order chi connectivity index (χ0) is 15.2. The molecule has 0 aliphatic rings. The van der Waals surface area contributed by atoms with E-state index in [2.05, 4.69) is 10.2 Å². The summed E-state index contributed by atoms with van der Waals surface area (Å²) in [5.41, 5.74) is -0.0181. The molecule has 0 spiro atoms. The molecule has 1 unspecified atom stereocenters. The number of benzene rings is 1. The number of esters is 1. The smallest absolute Gasteiger partial charge is 0.330 e. The van der Waals surface area contributed by atoms with E-state index in [4.69, 9.17) is 16.3 Å². The lowest BCUT2D eigenvalue weighted by Crippen LogP contribution is -2.49. The van der Waals surface area contributed by atoms with Gasteiger partial charge in [0.2, 0.25) is 0 Å². The highest BCUT2D eigenvalue weighted by molar-refractivity contribution is 6.30. The van der Waals surface area contributed by atoms with Crippen LogP contribution in [0.1, 0.15) is 19.4 Å². The molecule has 0 fully saturated rings. The summed E-state index contributed by atoms with van der Waals surface area (Å²) in [6.07, 6.45) is 0. The first-order valence-electron chi connectivity index (χ1n) is 6.73. The molecule has 1 rings (SSSR count). The van der Waals surface area contributed by atoms with E-state index in [0.29, 0.717) is 18.2 Å². The number of rotatable bonds is 7. The summed E-state index contributed by atoms with van der Waals surface area (Å²) >= 11 is 5.91. The fourth-order valence-corrected chi connectivity index (χ4v) is 2.01. The number of ether oxygens (including phenoxy) is 1. The molecule has 0 aliphatic carbocycles. The first kappa shape index (κ1) is 17.0. The Labute approximate surface area is 126 Å². The van der Waals surface area contributed by atoms with Crippen LogP contribution >= 0.6 is 11.6 Å². The van der Waals surface area contributed by atoms with Crippen molar-refractivity contribution in [2.45, 2.75) is 19.4 Å². The van der Waals surface area contributed by atoms with Crippen LogP contribution in [0.15, 0.2) is 24.3 Å². The van der Waals surface area contributed by atoms with E-state index < -0.39 is 5.54 Å². The maximum Gasteiger partial charge on any atom is 0.330 e. The molecule has 0 bridgehead atoms. The second-order valence-corrected chi connectivity index (χ2v) is 5.52. The number of hydrogen-bond donors (Lipinski definition) is 1. The van der Waals surface area contributed by atoms with Gasteiger partial charge in [0.1, 0.15) is 5.54 Å². The van der Waals surface area contributed by atoms with Crippen LogP contribution in [0, 0.1) is 0 Å². The molecule has 4 nitrogen and oxygen atoms in total. The van der Waals surface area contributed by atoms with E-state index in [1.807, 2.05) is 33.2 Å². The molecular formula is C15H23ClN2O2. The zero-order valence-electron chi connectivity index (χ0n) is 12.6. The maximum absolute atomic E-state index is 12.3. The van der Waals surface area contributed by atoms with Crippen molar-refractivity contribution in [1.82, 2.24) is 10.2 Å². The highest BCUT2D eigenvalue weighted by Gasteiger charge is 2.36. The molecule has 1 aromatic carbocycles. The molecular weight excluding hydrogens is 276 g/mol. The average molecular weight is 299 g/mol. The SMILES string of the molecule is CCOC(=O)C(C)(NCCN(C)C)c1ccc(Cl)cc1. The van der Waals surface area contributed by atoms with Gasteiger partial charge in [-0.05, 0) is 45.6 Å². The van der Waals surface area contributed by atoms with Gasteiger partial charge in [0.05, 0.1) is 6.61 Å². The lowest BCUT2D eigenvalue weighted by molar-refractivity contribution is -0.151. The van der Waals surface area contributed by atoms with E-state index in [-0.39, 0.29) is 5.97 Å². The number of halogens is 1. The van der Waals surface area contributed by atoms with Crippen molar-refractivity contribution < 1.29 is 9.53 Å². The molecule has 0 aromatic heterocycles. The second-order valence-electron chi connectivity index (χ2n) is 5.08. The molecule has 0 amide bonds. The number of carbonyl (C=O) groups is 1. The molecule has 0 aliphatic heterocycles. The van der Waals surface area contributed by atoms with Crippen molar-refractivity contribution in [2.24, 2.45) is 0 Å². The van der Waals surface area contributed by atoms with E-state index in [0.717, 1.165) is 12.1 Å². The lowest BCUT2D eigenvalue weighted by atomic mass is 9.92. The van der Waals surface area contributed by atoms with Crippen LogP contribution in [0.3, 0.4) is 0 Å². The predicted octanol–water partition coefficient (Wildman–Crippen LogP) is 2.27. The predicted molar refractivity (Wildman–Crippen MR) is 82.0 cm³/mol. The van der Waals surface area contributed by atoms with E-state index in [9.17, 15) is 4.79 Å². The maximum atomic E-state index is 12.3. The monoisotopic (exact) mass is 298 g/mol. The summed E-state index contributed by atoms with van der Waals surface area (Å²) in [5, 5.41) is 3.94. The third-order valence-electron chi connectivity index (χ3n) is 3.14. The average Bonchev–Trinajstić information content (AvgIpc) is 2.39. The molecule has 20 heavy (non-hydrogen) atoms. The number of nitrogens with one attached hydrogen (secondary N) is 1. The number of carbonyl (C=O) groups excluding carboxylic acids is 1. The fraction of sp³-hybridized carbons (Fsp3) is 0.533. The van der Waals surface area contributed by atoms with Gasteiger partial charge in [-0.1, -0.05) is 23.7 Å². The van der Waals surface area contributed by atoms with Gasteiger partial charge in [-0.2, -0.15) is 0 Å². The molecule has 5 heteroatoms. The second kappa shape index (κ2) is 7.62. The van der Waals surface area contributed by atoms with Crippen LogP contribution < -0.4 is 5.32 Å². The number of hydrogen-bond acceptors (Lipinski definition) is 4. The van der Waals surface area contributed by atoms with E-state index >= 15 is 0 Å². The minimum atomic E-state index is -0.864. The fourth-order valence-electron chi connectivity index (χ4n) is 1.88. The third-order valence-corrected chi connectivity index (χ3v) is 3.39. The first-order chi connectivity index (χ1) is 9.40. The number of likely N-dealkylation sites (N-methyl/N-ethyl adjacent to an activating group) is 1. The van der Waals surface area contributed by atoms with Gasteiger partial charge in [0, 0.05) is 18.1 Å². The van der Waals surface area contributed by atoms with Crippen LogP contribution in [-0.2, 0) is 15.1 Å². The van der Waals surface area contributed by atoms with Crippen molar-refractivity contribution in [2.75, 3.05) is 33.8 Å². The minimum absolute atomic E-state index is 0.277. The Kier molecular flexibility index (Phi) is 6.46. The first-order valence-corrected chi connectivity index (χ1v) is 7.11. The Morgan fingerprint density at radius 1 is 1.35 bits per heavy atom. The molecule has 112 valence electrons. The van der Waals surface area contributed by atoms with Crippen LogP contribution in [0.2, 0.25) is 5.02 Å². The number of nitrogens with zero attached hydrogens (tertiary/aromatic N) is 1. The summed E-state index contributed by atoms with van der Waals surface area (Å²) < 4.78 is 5.20. The zero-order valence-corrected chi connectivity index (χ0v) is 13.3. The summed E-state index contributed by atoms with van der Waals surface area (Å²) in [7, 11) is 3.98. The van der Waals surface area contributed by atoms with Crippen LogP contribution in [0.4, 0.5) is 0 Å². The molecule has 0 radical (unpaired) electrons. The molecule has 1 atom stereocenters. The molecule has 1 aromatic rings. The van der Waals surface area contributed by atoms with Crippen LogP contribution in [-0.4, -0.2) is 44.7 Å². The van der Waals surface area contributed by atoms with Gasteiger partial charge in [0.15, 0.2) is 0 Å². The Hall–Kier alpha value is -1.10. The molecule has 0 saturated carbocycles. The van der Waals surface area contributed by atoms with Gasteiger partial charge >= 0.3 is 5.97 Å². The Balaban J connectivity index is 2.93. The molecule has 1 N–H and O–H groups in total. The Bertz CT molecular complexity index is 434. The van der Waals surface area contributed by atoms with E-state index in [1.54, 1.807) is 19.1 Å². The van der Waals surface area contributed by atoms with Gasteiger partial charge < -0.3 is 9.64 Å². The molecule has 0 heterocycles. The quantitative estimate of drug-likeness (QED) is 0.784. The van der Waals surface area contributed by atoms with Crippen LogP contribution in [0.25, 0.3) is 0 Å². The highest BCUT2D eigenvalue weighted by Crippen LogP contribution is 2.24. The van der Waals surface area contributed by atoms with Crippen molar-refractivity contribution in [1.29, 1.82) is 0 Å². The molecule has 0 saturated heterocycles. The summed E-state index contributed by atoms with van der Waals surface area (Å²) in [6.45, 7) is 5.52. The Morgan fingerprint density at radius 2 is 1.95 bits per heavy atom. The van der Waals surface area contributed by atoms with Crippen molar-refractivity contribution >= 4 is 17.6 Å². The van der Waals surface area contributed by atoms with Crippen molar-refractivity contribution in [3.63, 3.8) is 0 Å². The normalized spacial score (nSPS) is 14.1. The van der Waals surface area contributed by atoms with Gasteiger partial charge in [-0.15, -0.1) is 0 Å². The van der Waals surface area contributed by atoms with Gasteiger partial charge in [0.25, 0.3) is 0 Å². The van der Waals surface area contributed by atoms with Gasteiger partial charge in [-0.3, -0.25) is 5.32 Å². The van der Waals surface area contributed by atoms with Crippen LogP contribution in [0.5, 0.6) is 0 Å². The summed E-state index contributed by atoms with van der Waals surface area (Å²) in [4.78, 5) is 14.4. The summed E-state index contributed by atoms with van der Waals surface area (Å²) in [6, 6.07) is 7.26. The van der Waals surface area contributed by atoms with E-state index in [1.165, 1.54) is 0 Å². The topological polar surface area (TPSA) is 41.6 Å². The Morgan fingerprint density at radius 3 is 2.45 bits per heavy atom. The van der Waals surface area contributed by atoms with Crippen molar-refractivity contribution in [3.8, 4) is 0 Å². The lowest BCUT2D eigenvalue weighted by Gasteiger charge is -2.29. The largest absolute Gasteiger partial charge is 0.464 e. The third kappa shape index (κ3) is 4.47. The van der Waals surface area contributed by atoms with Gasteiger partial charge in [-0.25, -0.2) is 4.79 Å². The highest BCUT2D eigenvalue weighted by atomic mass is 35.5. The minimum Gasteiger partial charge on any atom is -0.464 e.